The van der Waals surface area contributed by atoms with E-state index in [1.165, 1.54) is 0 Å². The molecule has 82 valence electrons. The molecular formula is C9H11BrClN3O. The Hall–Kier alpha value is -0.550. The number of halogens is 2. The summed E-state index contributed by atoms with van der Waals surface area (Å²) in [5.74, 6) is 1.52. The van der Waals surface area contributed by atoms with Gasteiger partial charge in [0.15, 0.2) is 5.82 Å². The van der Waals surface area contributed by atoms with Gasteiger partial charge in [-0.2, -0.15) is 5.10 Å². The number of H-pyrrole nitrogens is 1. The summed E-state index contributed by atoms with van der Waals surface area (Å²) in [5, 5.41) is 6.95. The van der Waals surface area contributed by atoms with Gasteiger partial charge in [-0.15, -0.1) is 11.6 Å². The van der Waals surface area contributed by atoms with Crippen LogP contribution in [0.5, 0.6) is 0 Å². The van der Waals surface area contributed by atoms with E-state index in [0.29, 0.717) is 24.7 Å². The van der Waals surface area contributed by atoms with Gasteiger partial charge in [-0.05, 0) is 28.8 Å². The first-order valence-corrected chi connectivity index (χ1v) is 6.03. The summed E-state index contributed by atoms with van der Waals surface area (Å²) in [4.78, 5) is 13.4. The molecule has 0 saturated carbocycles. The summed E-state index contributed by atoms with van der Waals surface area (Å²) < 4.78 is 0.853. The molecule has 6 heteroatoms. The molecule has 1 atom stereocenters. The molecule has 0 bridgehead atoms. The van der Waals surface area contributed by atoms with Crippen molar-refractivity contribution in [3.63, 3.8) is 0 Å². The molecule has 1 amide bonds. The van der Waals surface area contributed by atoms with Gasteiger partial charge >= 0.3 is 0 Å². The third-order valence-electron chi connectivity index (χ3n) is 2.53. The Morgan fingerprint density at radius 1 is 1.73 bits per heavy atom. The van der Waals surface area contributed by atoms with Gasteiger partial charge in [-0.3, -0.25) is 14.8 Å². The number of carbonyl (C=O) groups excluding carboxylic acids is 1. The summed E-state index contributed by atoms with van der Waals surface area (Å²) in [6.45, 7) is 2.56. The largest absolute Gasteiger partial charge is 0.294 e. The van der Waals surface area contributed by atoms with E-state index in [-0.39, 0.29) is 11.8 Å². The number of nitrogens with zero attached hydrogens (tertiary/aromatic N) is 2. The number of anilines is 1. The molecule has 1 N–H and O–H groups in total. The van der Waals surface area contributed by atoms with Crippen molar-refractivity contribution in [2.45, 2.75) is 13.3 Å². The summed E-state index contributed by atoms with van der Waals surface area (Å²) in [6.07, 6.45) is 0.516. The van der Waals surface area contributed by atoms with Crippen LogP contribution in [0.25, 0.3) is 0 Å². The highest BCUT2D eigenvalue weighted by molar-refractivity contribution is 9.10. The minimum Gasteiger partial charge on any atom is -0.294 e. The standard InChI is InChI=1S/C9H11BrClN3O/c1-5-8(10)9(13-12-5)14-4-6(3-11)2-7(14)15/h6H,2-4H2,1H3,(H,12,13). The lowest BCUT2D eigenvalue weighted by Crippen LogP contribution is -2.25. The summed E-state index contributed by atoms with van der Waals surface area (Å²) in [5.41, 5.74) is 0.923. The van der Waals surface area contributed by atoms with Crippen LogP contribution in [0.15, 0.2) is 4.47 Å². The lowest BCUT2D eigenvalue weighted by Gasteiger charge is -2.13. The molecule has 1 aromatic rings. The highest BCUT2D eigenvalue weighted by Crippen LogP contribution is 2.31. The maximum atomic E-state index is 11.7. The van der Waals surface area contributed by atoms with Gasteiger partial charge in [0.05, 0.1) is 4.47 Å². The number of hydrogen-bond donors (Lipinski definition) is 1. The van der Waals surface area contributed by atoms with E-state index in [0.717, 1.165) is 10.2 Å². The first-order valence-electron chi connectivity index (χ1n) is 4.70. The number of rotatable bonds is 2. The lowest BCUT2D eigenvalue weighted by atomic mass is 10.1. The number of hydrogen-bond acceptors (Lipinski definition) is 2. The van der Waals surface area contributed by atoms with E-state index < -0.39 is 0 Å². The van der Waals surface area contributed by atoms with Crippen LogP contribution in [0.4, 0.5) is 5.82 Å². The van der Waals surface area contributed by atoms with Crippen LogP contribution in [-0.4, -0.2) is 28.5 Å². The Balaban J connectivity index is 2.25. The fraction of sp³-hybridized carbons (Fsp3) is 0.556. The molecule has 2 rings (SSSR count). The molecule has 1 aliphatic heterocycles. The number of alkyl halides is 1. The van der Waals surface area contributed by atoms with E-state index in [1.54, 1.807) is 4.90 Å². The molecule has 1 aliphatic rings. The SMILES string of the molecule is Cc1[nH]nc(N2CC(CCl)CC2=O)c1Br. The summed E-state index contributed by atoms with van der Waals surface area (Å²) in [6, 6.07) is 0. The highest BCUT2D eigenvalue weighted by Gasteiger charge is 2.32. The second-order valence-corrected chi connectivity index (χ2v) is 4.82. The molecule has 1 aromatic heterocycles. The van der Waals surface area contributed by atoms with Crippen LogP contribution in [-0.2, 0) is 4.79 Å². The first kappa shape index (κ1) is 11.0. The van der Waals surface area contributed by atoms with Gasteiger partial charge in [-0.25, -0.2) is 0 Å². The molecule has 0 aliphatic carbocycles. The Morgan fingerprint density at radius 2 is 2.47 bits per heavy atom. The third-order valence-corrected chi connectivity index (χ3v) is 3.92. The normalized spacial score (nSPS) is 21.4. The minimum absolute atomic E-state index is 0.0906. The molecule has 0 spiro atoms. The number of carbonyl (C=O) groups is 1. The molecule has 1 fully saturated rings. The molecule has 0 aromatic carbocycles. The van der Waals surface area contributed by atoms with Crippen LogP contribution in [0.2, 0.25) is 0 Å². The van der Waals surface area contributed by atoms with Gasteiger partial charge in [0.2, 0.25) is 5.91 Å². The molecule has 2 heterocycles. The monoisotopic (exact) mass is 291 g/mol. The zero-order valence-corrected chi connectivity index (χ0v) is 10.6. The molecule has 0 radical (unpaired) electrons. The highest BCUT2D eigenvalue weighted by atomic mass is 79.9. The maximum Gasteiger partial charge on any atom is 0.228 e. The van der Waals surface area contributed by atoms with E-state index >= 15 is 0 Å². The van der Waals surface area contributed by atoms with Crippen molar-refractivity contribution >= 4 is 39.3 Å². The predicted octanol–water partition coefficient (Wildman–Crippen LogP) is 2.07. The molecule has 4 nitrogen and oxygen atoms in total. The quantitative estimate of drug-likeness (QED) is 0.848. The van der Waals surface area contributed by atoms with Gasteiger partial charge in [0.25, 0.3) is 0 Å². The van der Waals surface area contributed by atoms with Gasteiger partial charge in [-0.1, -0.05) is 0 Å². The number of aromatic amines is 1. The van der Waals surface area contributed by atoms with Crippen molar-refractivity contribution in [1.82, 2.24) is 10.2 Å². The number of nitrogens with one attached hydrogen (secondary N) is 1. The average Bonchev–Trinajstić information content (AvgIpc) is 2.73. The molecule has 15 heavy (non-hydrogen) atoms. The summed E-state index contributed by atoms with van der Waals surface area (Å²) >= 11 is 9.16. The maximum absolute atomic E-state index is 11.7. The van der Waals surface area contributed by atoms with Crippen LogP contribution in [0, 0.1) is 12.8 Å². The van der Waals surface area contributed by atoms with Crippen molar-refractivity contribution in [1.29, 1.82) is 0 Å². The van der Waals surface area contributed by atoms with E-state index in [2.05, 4.69) is 26.1 Å². The molecule has 1 unspecified atom stereocenters. The fourth-order valence-corrected chi connectivity index (χ4v) is 2.27. The Kier molecular flexibility index (Phi) is 3.02. The first-order chi connectivity index (χ1) is 7.13. The number of aryl methyl sites for hydroxylation is 1. The third kappa shape index (κ3) is 1.90. The second-order valence-electron chi connectivity index (χ2n) is 3.71. The second kappa shape index (κ2) is 4.14. The van der Waals surface area contributed by atoms with Crippen molar-refractivity contribution in [3.05, 3.63) is 10.2 Å². The number of amides is 1. The minimum atomic E-state index is 0.0906. The van der Waals surface area contributed by atoms with Crippen LogP contribution in [0.1, 0.15) is 12.1 Å². The zero-order chi connectivity index (χ0) is 11.0. The average molecular weight is 293 g/mol. The zero-order valence-electron chi connectivity index (χ0n) is 8.26. The van der Waals surface area contributed by atoms with Crippen molar-refractivity contribution in [2.75, 3.05) is 17.3 Å². The summed E-state index contributed by atoms with van der Waals surface area (Å²) in [7, 11) is 0. The van der Waals surface area contributed by atoms with E-state index in [1.807, 2.05) is 6.92 Å². The van der Waals surface area contributed by atoms with Crippen molar-refractivity contribution < 1.29 is 4.79 Å². The van der Waals surface area contributed by atoms with E-state index in [4.69, 9.17) is 11.6 Å². The van der Waals surface area contributed by atoms with Crippen molar-refractivity contribution in [3.8, 4) is 0 Å². The van der Waals surface area contributed by atoms with Crippen molar-refractivity contribution in [2.24, 2.45) is 5.92 Å². The predicted molar refractivity (Wildman–Crippen MR) is 62.2 cm³/mol. The fourth-order valence-electron chi connectivity index (χ4n) is 1.67. The Labute approximate surface area is 101 Å². The van der Waals surface area contributed by atoms with E-state index in [9.17, 15) is 4.79 Å². The Morgan fingerprint density at radius 3 is 2.93 bits per heavy atom. The van der Waals surface area contributed by atoms with Gasteiger partial charge in [0.1, 0.15) is 0 Å². The van der Waals surface area contributed by atoms with Crippen LogP contribution >= 0.6 is 27.5 Å². The van der Waals surface area contributed by atoms with Crippen LogP contribution in [0.3, 0.4) is 0 Å². The van der Waals surface area contributed by atoms with Gasteiger partial charge in [0, 0.05) is 24.5 Å². The lowest BCUT2D eigenvalue weighted by molar-refractivity contribution is -0.117. The molecular weight excluding hydrogens is 281 g/mol. The van der Waals surface area contributed by atoms with Crippen LogP contribution < -0.4 is 4.90 Å². The van der Waals surface area contributed by atoms with Gasteiger partial charge < -0.3 is 0 Å². The topological polar surface area (TPSA) is 49.0 Å². The Bertz CT molecular complexity index is 393. The molecule has 1 saturated heterocycles. The smallest absolute Gasteiger partial charge is 0.228 e. The number of aromatic nitrogens is 2.